The molecule has 1 aromatic heterocycles. The predicted molar refractivity (Wildman–Crippen MR) is 125 cm³/mol. The number of halogens is 1. The van der Waals surface area contributed by atoms with Crippen LogP contribution in [0.5, 0.6) is 11.6 Å². The van der Waals surface area contributed by atoms with E-state index in [0.29, 0.717) is 43.9 Å². The SMILES string of the molecule is CCOC[C@@H](O)CN(Cc1c(C)nn(-c2ccccc2)c1Oc1cccc(F)c1)CC1CC1. The van der Waals surface area contributed by atoms with Gasteiger partial charge in [0.2, 0.25) is 5.88 Å². The van der Waals surface area contributed by atoms with Crippen LogP contribution in [0.15, 0.2) is 54.6 Å². The standard InChI is InChI=1S/C26H32FN3O3/c1-3-32-18-23(31)16-29(15-20-12-13-20)17-25-19(2)28-30(22-9-5-4-6-10-22)26(25)33-24-11-7-8-21(27)14-24/h4-11,14,20,23,31H,3,12-13,15-18H2,1-2H3/t23-/m0/s1. The number of aryl methyl sites for hydroxylation is 1. The normalized spacial score (nSPS) is 14.6. The van der Waals surface area contributed by atoms with E-state index in [2.05, 4.69) is 4.90 Å². The zero-order chi connectivity index (χ0) is 23.2. The average Bonchev–Trinajstić information content (AvgIpc) is 3.57. The fraction of sp³-hybridized carbons (Fsp3) is 0.423. The summed E-state index contributed by atoms with van der Waals surface area (Å²) < 4.78 is 27.3. The first-order valence-corrected chi connectivity index (χ1v) is 11.6. The van der Waals surface area contributed by atoms with Crippen LogP contribution in [0.4, 0.5) is 4.39 Å². The van der Waals surface area contributed by atoms with Crippen LogP contribution in [-0.2, 0) is 11.3 Å². The summed E-state index contributed by atoms with van der Waals surface area (Å²) in [6, 6.07) is 15.9. The van der Waals surface area contributed by atoms with Crippen LogP contribution in [0.25, 0.3) is 5.69 Å². The second-order valence-electron chi connectivity index (χ2n) is 8.63. The molecular formula is C26H32FN3O3. The molecule has 1 N–H and O–H groups in total. The third-order valence-electron chi connectivity index (χ3n) is 5.73. The fourth-order valence-corrected chi connectivity index (χ4v) is 3.91. The Morgan fingerprint density at radius 2 is 1.97 bits per heavy atom. The number of aliphatic hydroxyl groups excluding tert-OH is 1. The van der Waals surface area contributed by atoms with Crippen LogP contribution in [0.1, 0.15) is 31.0 Å². The highest BCUT2D eigenvalue weighted by atomic mass is 19.1. The van der Waals surface area contributed by atoms with Crippen molar-refractivity contribution in [3.63, 3.8) is 0 Å². The predicted octanol–water partition coefficient (Wildman–Crippen LogP) is 4.72. The molecule has 1 atom stereocenters. The molecule has 0 aliphatic heterocycles. The van der Waals surface area contributed by atoms with Gasteiger partial charge in [-0.05, 0) is 56.9 Å². The average molecular weight is 454 g/mol. The first-order valence-electron chi connectivity index (χ1n) is 11.6. The smallest absolute Gasteiger partial charge is 0.227 e. The third kappa shape index (κ3) is 6.41. The molecule has 33 heavy (non-hydrogen) atoms. The number of hydrogen-bond acceptors (Lipinski definition) is 5. The molecule has 4 rings (SSSR count). The number of hydrogen-bond donors (Lipinski definition) is 1. The molecule has 2 aromatic carbocycles. The van der Waals surface area contributed by atoms with Crippen LogP contribution < -0.4 is 4.74 Å². The van der Waals surface area contributed by atoms with Gasteiger partial charge in [-0.1, -0.05) is 24.3 Å². The third-order valence-corrected chi connectivity index (χ3v) is 5.73. The second kappa shape index (κ2) is 10.9. The van der Waals surface area contributed by atoms with Gasteiger partial charge < -0.3 is 14.6 Å². The molecule has 0 saturated heterocycles. The fourth-order valence-electron chi connectivity index (χ4n) is 3.91. The van der Waals surface area contributed by atoms with Gasteiger partial charge in [0.1, 0.15) is 11.6 Å². The highest BCUT2D eigenvalue weighted by Gasteiger charge is 2.28. The first-order chi connectivity index (χ1) is 16.0. The molecule has 6 nitrogen and oxygen atoms in total. The molecule has 0 spiro atoms. The number of para-hydroxylation sites is 1. The lowest BCUT2D eigenvalue weighted by Gasteiger charge is -2.25. The highest BCUT2D eigenvalue weighted by molar-refractivity contribution is 5.43. The molecule has 7 heteroatoms. The van der Waals surface area contributed by atoms with Crippen molar-refractivity contribution in [2.45, 2.75) is 39.3 Å². The number of benzene rings is 2. The van der Waals surface area contributed by atoms with Crippen LogP contribution in [0.3, 0.4) is 0 Å². The number of aromatic nitrogens is 2. The molecule has 0 bridgehead atoms. The Kier molecular flexibility index (Phi) is 7.75. The number of nitrogens with zero attached hydrogens (tertiary/aromatic N) is 3. The lowest BCUT2D eigenvalue weighted by molar-refractivity contribution is 0.0186. The van der Waals surface area contributed by atoms with Gasteiger partial charge in [0.25, 0.3) is 0 Å². The van der Waals surface area contributed by atoms with Gasteiger partial charge in [-0.15, -0.1) is 0 Å². The Bertz CT molecular complexity index is 1040. The maximum atomic E-state index is 13.9. The minimum atomic E-state index is -0.569. The summed E-state index contributed by atoms with van der Waals surface area (Å²) in [5, 5.41) is 15.2. The minimum Gasteiger partial charge on any atom is -0.438 e. The Balaban J connectivity index is 1.65. The minimum absolute atomic E-state index is 0.312. The largest absolute Gasteiger partial charge is 0.438 e. The van der Waals surface area contributed by atoms with E-state index in [9.17, 15) is 9.50 Å². The van der Waals surface area contributed by atoms with Crippen molar-refractivity contribution < 1.29 is 19.0 Å². The first kappa shape index (κ1) is 23.4. The van der Waals surface area contributed by atoms with Gasteiger partial charge >= 0.3 is 0 Å². The molecule has 3 aromatic rings. The molecule has 1 saturated carbocycles. The zero-order valence-electron chi connectivity index (χ0n) is 19.3. The van der Waals surface area contributed by atoms with Crippen molar-refractivity contribution in [1.29, 1.82) is 0 Å². The molecule has 0 amide bonds. The van der Waals surface area contributed by atoms with E-state index >= 15 is 0 Å². The topological polar surface area (TPSA) is 59.8 Å². The van der Waals surface area contributed by atoms with Crippen molar-refractivity contribution in [2.24, 2.45) is 5.92 Å². The summed E-state index contributed by atoms with van der Waals surface area (Å²) in [5.41, 5.74) is 2.63. The maximum Gasteiger partial charge on any atom is 0.227 e. The second-order valence-corrected chi connectivity index (χ2v) is 8.63. The van der Waals surface area contributed by atoms with Gasteiger partial charge in [0.15, 0.2) is 0 Å². The Morgan fingerprint density at radius 1 is 1.18 bits per heavy atom. The van der Waals surface area contributed by atoms with Crippen LogP contribution in [-0.4, -0.2) is 52.2 Å². The van der Waals surface area contributed by atoms with Gasteiger partial charge in [-0.3, -0.25) is 4.90 Å². The van der Waals surface area contributed by atoms with E-state index in [1.165, 1.54) is 25.0 Å². The zero-order valence-corrected chi connectivity index (χ0v) is 19.3. The lowest BCUT2D eigenvalue weighted by Crippen LogP contribution is -2.36. The van der Waals surface area contributed by atoms with E-state index < -0.39 is 6.10 Å². The Hall–Kier alpha value is -2.74. The molecule has 1 heterocycles. The molecule has 0 radical (unpaired) electrons. The summed E-state index contributed by atoms with van der Waals surface area (Å²) in [6.07, 6.45) is 1.86. The molecule has 1 fully saturated rings. The molecule has 1 aliphatic carbocycles. The van der Waals surface area contributed by atoms with E-state index in [1.807, 2.05) is 44.2 Å². The van der Waals surface area contributed by atoms with Crippen molar-refractivity contribution in [1.82, 2.24) is 14.7 Å². The molecule has 176 valence electrons. The monoisotopic (exact) mass is 453 g/mol. The molecular weight excluding hydrogens is 421 g/mol. The molecule has 1 aliphatic rings. The summed E-state index contributed by atoms with van der Waals surface area (Å²) >= 11 is 0. The number of ether oxygens (including phenoxy) is 2. The number of aliphatic hydroxyl groups is 1. The maximum absolute atomic E-state index is 13.9. The summed E-state index contributed by atoms with van der Waals surface area (Å²) in [7, 11) is 0. The number of rotatable bonds is 12. The van der Waals surface area contributed by atoms with E-state index in [-0.39, 0.29) is 5.82 Å². The summed E-state index contributed by atoms with van der Waals surface area (Å²) in [5.74, 6) is 1.27. The summed E-state index contributed by atoms with van der Waals surface area (Å²) in [6.45, 7) is 6.75. The highest BCUT2D eigenvalue weighted by Crippen LogP contribution is 2.34. The van der Waals surface area contributed by atoms with Gasteiger partial charge in [-0.2, -0.15) is 5.10 Å². The summed E-state index contributed by atoms with van der Waals surface area (Å²) in [4.78, 5) is 2.25. The quantitative estimate of drug-likeness (QED) is 0.430. The Labute approximate surface area is 194 Å². The van der Waals surface area contributed by atoms with Crippen molar-refractivity contribution in [3.05, 3.63) is 71.7 Å². The van der Waals surface area contributed by atoms with Crippen molar-refractivity contribution in [2.75, 3.05) is 26.3 Å². The van der Waals surface area contributed by atoms with Crippen molar-refractivity contribution in [3.8, 4) is 17.3 Å². The Morgan fingerprint density at radius 3 is 2.67 bits per heavy atom. The van der Waals surface area contributed by atoms with Gasteiger partial charge in [0, 0.05) is 32.3 Å². The lowest BCUT2D eigenvalue weighted by atomic mass is 10.2. The van der Waals surface area contributed by atoms with Crippen LogP contribution in [0.2, 0.25) is 0 Å². The van der Waals surface area contributed by atoms with Gasteiger partial charge in [-0.25, -0.2) is 9.07 Å². The van der Waals surface area contributed by atoms with Crippen LogP contribution in [0, 0.1) is 18.7 Å². The van der Waals surface area contributed by atoms with Gasteiger partial charge in [0.05, 0.1) is 29.7 Å². The van der Waals surface area contributed by atoms with Crippen LogP contribution >= 0.6 is 0 Å². The molecule has 0 unspecified atom stereocenters. The van der Waals surface area contributed by atoms with Crippen molar-refractivity contribution >= 4 is 0 Å². The van der Waals surface area contributed by atoms with E-state index in [4.69, 9.17) is 14.6 Å². The van der Waals surface area contributed by atoms with E-state index in [1.54, 1.807) is 16.8 Å². The van der Waals surface area contributed by atoms with E-state index in [0.717, 1.165) is 23.5 Å².